The van der Waals surface area contributed by atoms with Crippen molar-refractivity contribution in [2.24, 2.45) is 4.36 Å². The van der Waals surface area contributed by atoms with Crippen molar-refractivity contribution in [1.29, 1.82) is 0 Å². The van der Waals surface area contributed by atoms with E-state index in [-0.39, 0.29) is 11.8 Å². The first kappa shape index (κ1) is 25.5. The van der Waals surface area contributed by atoms with Crippen molar-refractivity contribution in [1.82, 2.24) is 9.97 Å². The van der Waals surface area contributed by atoms with Crippen molar-refractivity contribution in [2.75, 3.05) is 16.2 Å². The summed E-state index contributed by atoms with van der Waals surface area (Å²) in [6, 6.07) is 13.8. The highest BCUT2D eigenvalue weighted by Crippen LogP contribution is 2.29. The molecule has 1 aromatic heterocycles. The minimum atomic E-state index is -4.80. The molecule has 192 valence electrons. The SMILES string of the molecule is O=[S-](O)=Nc1ccc(NNc2cc(-c3cccc(OC(F)(F)F)c3)nc(NC3CCCCC3)n2)cc1. The van der Waals surface area contributed by atoms with Gasteiger partial charge in [0, 0.05) is 23.4 Å². The van der Waals surface area contributed by atoms with Gasteiger partial charge >= 0.3 is 6.36 Å². The molecule has 1 aliphatic carbocycles. The molecule has 0 unspecified atom stereocenters. The first-order valence-electron chi connectivity index (χ1n) is 11.2. The van der Waals surface area contributed by atoms with Gasteiger partial charge in [0.25, 0.3) is 0 Å². The van der Waals surface area contributed by atoms with Crippen molar-refractivity contribution in [3.05, 3.63) is 54.6 Å². The van der Waals surface area contributed by atoms with Gasteiger partial charge in [0.1, 0.15) is 5.75 Å². The number of nitrogens with one attached hydrogen (secondary N) is 3. The minimum Gasteiger partial charge on any atom is -0.454 e. The Morgan fingerprint density at radius 2 is 1.75 bits per heavy atom. The zero-order valence-corrected chi connectivity index (χ0v) is 19.8. The van der Waals surface area contributed by atoms with Gasteiger partial charge in [-0.3, -0.25) is 10.9 Å². The molecule has 0 radical (unpaired) electrons. The molecule has 1 saturated carbocycles. The maximum atomic E-state index is 12.7. The summed E-state index contributed by atoms with van der Waals surface area (Å²) in [5, 5.41) is 3.34. The number of rotatable bonds is 8. The molecule has 0 atom stereocenters. The Kier molecular flexibility index (Phi) is 8.10. The Hall–Kier alpha value is -3.58. The number of halogens is 3. The Balaban J connectivity index is 1.58. The molecule has 2 aromatic carbocycles. The van der Waals surface area contributed by atoms with Crippen LogP contribution in [0.4, 0.5) is 36.3 Å². The van der Waals surface area contributed by atoms with Crippen LogP contribution in [-0.2, 0) is 15.1 Å². The average Bonchev–Trinajstić information content (AvgIpc) is 2.83. The van der Waals surface area contributed by atoms with Crippen molar-refractivity contribution in [3.63, 3.8) is 0 Å². The Morgan fingerprint density at radius 3 is 2.44 bits per heavy atom. The van der Waals surface area contributed by atoms with Crippen molar-refractivity contribution >= 4 is 34.0 Å². The zero-order chi connectivity index (χ0) is 25.5. The van der Waals surface area contributed by atoms with Crippen molar-refractivity contribution < 1.29 is 26.7 Å². The molecule has 0 aliphatic heterocycles. The van der Waals surface area contributed by atoms with Gasteiger partial charge in [-0.05, 0) is 49.2 Å². The molecular weight excluding hydrogens is 497 g/mol. The van der Waals surface area contributed by atoms with Crippen molar-refractivity contribution in [3.8, 4) is 17.0 Å². The number of anilines is 3. The molecule has 0 spiro atoms. The van der Waals surface area contributed by atoms with E-state index in [0.717, 1.165) is 25.7 Å². The van der Waals surface area contributed by atoms with Crippen LogP contribution < -0.4 is 20.9 Å². The standard InChI is InChI=1S/C23H24F3N6O3S/c24-23(25,26)35-19-8-4-5-15(13-19)20-14-21(29-22(28-20)27-16-6-2-1-3-7-16)31-30-17-9-11-18(12-10-17)32-36(33)34/h4-5,8-14,16,30H,1-3,6-7H2,(H,32,33,34)(H2,27,28,29,31)/q-1. The predicted molar refractivity (Wildman–Crippen MR) is 131 cm³/mol. The van der Waals surface area contributed by atoms with Gasteiger partial charge in [-0.1, -0.05) is 42.3 Å². The van der Waals surface area contributed by atoms with E-state index >= 15 is 0 Å². The van der Waals surface area contributed by atoms with E-state index < -0.39 is 17.2 Å². The van der Waals surface area contributed by atoms with Crippen LogP contribution in [0.3, 0.4) is 0 Å². The fourth-order valence-corrected chi connectivity index (χ4v) is 4.14. The predicted octanol–water partition coefficient (Wildman–Crippen LogP) is 6.48. The second-order valence-electron chi connectivity index (χ2n) is 8.14. The molecule has 1 heterocycles. The van der Waals surface area contributed by atoms with Crippen LogP contribution in [0.25, 0.3) is 11.3 Å². The number of aromatic nitrogens is 2. The number of hydrogen-bond donors (Lipinski definition) is 4. The van der Waals surface area contributed by atoms with E-state index in [4.69, 9.17) is 4.55 Å². The monoisotopic (exact) mass is 521 g/mol. The third-order valence-corrected chi connectivity index (χ3v) is 5.78. The summed E-state index contributed by atoms with van der Waals surface area (Å²) in [6.45, 7) is 0. The lowest BCUT2D eigenvalue weighted by Crippen LogP contribution is -2.24. The topological polar surface area (TPSA) is 121 Å². The number of alkyl halides is 3. The van der Waals surface area contributed by atoms with Crippen LogP contribution in [0.2, 0.25) is 0 Å². The summed E-state index contributed by atoms with van der Waals surface area (Å²) >= 11 is 0. The first-order chi connectivity index (χ1) is 17.2. The summed E-state index contributed by atoms with van der Waals surface area (Å²) in [4.78, 5) is 9.05. The molecule has 0 amide bonds. The highest BCUT2D eigenvalue weighted by Gasteiger charge is 2.31. The van der Waals surface area contributed by atoms with E-state index in [2.05, 4.69) is 35.2 Å². The molecule has 4 N–H and O–H groups in total. The second kappa shape index (κ2) is 11.4. The lowest BCUT2D eigenvalue weighted by atomic mass is 9.96. The number of hydrazine groups is 1. The van der Waals surface area contributed by atoms with E-state index in [1.165, 1.54) is 24.6 Å². The minimum absolute atomic E-state index is 0.211. The summed E-state index contributed by atoms with van der Waals surface area (Å²) in [7, 11) is -2.30. The van der Waals surface area contributed by atoms with Crippen LogP contribution >= 0.6 is 0 Å². The first-order valence-corrected chi connectivity index (χ1v) is 12.3. The smallest absolute Gasteiger partial charge is 0.454 e. The van der Waals surface area contributed by atoms with Gasteiger partial charge in [0.2, 0.25) is 5.95 Å². The fraction of sp³-hybridized carbons (Fsp3) is 0.304. The largest absolute Gasteiger partial charge is 0.573 e. The quantitative estimate of drug-likeness (QED) is 0.151. The maximum absolute atomic E-state index is 12.7. The summed E-state index contributed by atoms with van der Waals surface area (Å²) < 4.78 is 65.4. The Bertz CT molecular complexity index is 1260. The highest BCUT2D eigenvalue weighted by molar-refractivity contribution is 7.68. The van der Waals surface area contributed by atoms with Crippen LogP contribution in [0.15, 0.2) is 59.0 Å². The summed E-state index contributed by atoms with van der Waals surface area (Å²) in [5.74, 6) is 0.387. The number of ether oxygens (including phenoxy) is 1. The molecular formula is C23H24F3N6O3S-. The van der Waals surface area contributed by atoms with Crippen LogP contribution in [0.5, 0.6) is 5.75 Å². The van der Waals surface area contributed by atoms with Gasteiger partial charge in [0.05, 0.1) is 11.4 Å². The Morgan fingerprint density at radius 1 is 1.00 bits per heavy atom. The van der Waals surface area contributed by atoms with E-state index in [1.54, 1.807) is 36.4 Å². The third kappa shape index (κ3) is 7.71. The molecule has 1 fully saturated rings. The normalized spacial score (nSPS) is 15.3. The molecule has 3 aromatic rings. The van der Waals surface area contributed by atoms with Crippen LogP contribution in [0.1, 0.15) is 32.1 Å². The van der Waals surface area contributed by atoms with Crippen LogP contribution in [-0.4, -0.2) is 26.9 Å². The lowest BCUT2D eigenvalue weighted by Gasteiger charge is -2.23. The second-order valence-corrected chi connectivity index (χ2v) is 8.78. The third-order valence-electron chi connectivity index (χ3n) is 5.41. The number of nitrogens with zero attached hydrogens (tertiary/aromatic N) is 3. The van der Waals surface area contributed by atoms with Crippen LogP contribution in [0, 0.1) is 0 Å². The van der Waals surface area contributed by atoms with Gasteiger partial charge in [-0.2, -0.15) is 4.98 Å². The van der Waals surface area contributed by atoms with Gasteiger partial charge < -0.3 is 23.2 Å². The van der Waals surface area contributed by atoms with E-state index in [9.17, 15) is 17.4 Å². The molecule has 1 aliphatic rings. The average molecular weight is 522 g/mol. The molecule has 4 rings (SSSR count). The maximum Gasteiger partial charge on any atom is 0.573 e. The molecule has 13 heteroatoms. The van der Waals surface area contributed by atoms with E-state index in [1.807, 2.05) is 0 Å². The Labute approximate surface area is 207 Å². The number of hydrogen-bond acceptors (Lipinski definition) is 9. The number of benzene rings is 2. The zero-order valence-electron chi connectivity index (χ0n) is 19.0. The highest BCUT2D eigenvalue weighted by atomic mass is 32.2. The molecule has 0 saturated heterocycles. The lowest BCUT2D eigenvalue weighted by molar-refractivity contribution is -0.274. The molecule has 9 nitrogen and oxygen atoms in total. The van der Waals surface area contributed by atoms with Gasteiger partial charge in [-0.15, -0.1) is 13.2 Å². The molecule has 0 bridgehead atoms. The summed E-state index contributed by atoms with van der Waals surface area (Å²) in [5.41, 5.74) is 7.74. The van der Waals surface area contributed by atoms with Crippen molar-refractivity contribution in [2.45, 2.75) is 44.5 Å². The fourth-order valence-electron chi connectivity index (χ4n) is 3.84. The van der Waals surface area contributed by atoms with Gasteiger partial charge in [0.15, 0.2) is 5.82 Å². The van der Waals surface area contributed by atoms with Gasteiger partial charge in [-0.25, -0.2) is 4.98 Å². The van der Waals surface area contributed by atoms with E-state index in [0.29, 0.717) is 34.4 Å². The molecule has 36 heavy (non-hydrogen) atoms. The summed E-state index contributed by atoms with van der Waals surface area (Å²) in [6.07, 6.45) is 0.560.